The second kappa shape index (κ2) is 4.54. The number of carbonyl (C=O) groups excluding carboxylic acids is 1. The molecule has 0 amide bonds. The predicted octanol–water partition coefficient (Wildman–Crippen LogP) is 1.99. The molecular formula is C13H14N2O2. The number of pyridine rings is 1. The zero-order valence-corrected chi connectivity index (χ0v) is 9.77. The number of Topliss-reactive ketones (excluding diaryl/α,β-unsaturated/α-hetero) is 1. The van der Waals surface area contributed by atoms with E-state index < -0.39 is 5.41 Å². The van der Waals surface area contributed by atoms with E-state index in [1.54, 1.807) is 19.4 Å². The Morgan fingerprint density at radius 1 is 1.65 bits per heavy atom. The number of carbonyl (C=O) groups is 1. The Bertz CT molecular complexity index is 473. The average molecular weight is 230 g/mol. The van der Waals surface area contributed by atoms with Crippen molar-refractivity contribution in [2.75, 3.05) is 7.11 Å². The van der Waals surface area contributed by atoms with Gasteiger partial charge in [-0.05, 0) is 18.9 Å². The maximum Gasteiger partial charge on any atom is 0.217 e. The maximum atomic E-state index is 12.1. The summed E-state index contributed by atoms with van der Waals surface area (Å²) in [6.07, 6.45) is 4.18. The fourth-order valence-corrected chi connectivity index (χ4v) is 2.39. The highest BCUT2D eigenvalue weighted by Crippen LogP contribution is 2.47. The third-order valence-electron chi connectivity index (χ3n) is 3.46. The minimum Gasteiger partial charge on any atom is -0.481 e. The molecule has 1 aliphatic rings. The summed E-state index contributed by atoms with van der Waals surface area (Å²) < 4.78 is 5.21. The van der Waals surface area contributed by atoms with Crippen molar-refractivity contribution in [3.8, 4) is 11.9 Å². The molecule has 1 fully saturated rings. The first-order valence-electron chi connectivity index (χ1n) is 5.64. The molecule has 1 aliphatic carbocycles. The number of methoxy groups -OCH3 is 1. The smallest absolute Gasteiger partial charge is 0.217 e. The third-order valence-corrected chi connectivity index (χ3v) is 3.46. The molecule has 0 aliphatic heterocycles. The normalized spacial score (nSPS) is 16.7. The summed E-state index contributed by atoms with van der Waals surface area (Å²) >= 11 is 0. The second-order valence-corrected chi connectivity index (χ2v) is 4.25. The van der Waals surface area contributed by atoms with E-state index in [0.29, 0.717) is 5.88 Å². The highest BCUT2D eigenvalue weighted by molar-refractivity contribution is 5.93. The van der Waals surface area contributed by atoms with Gasteiger partial charge in [-0.1, -0.05) is 12.5 Å². The van der Waals surface area contributed by atoms with Crippen LogP contribution >= 0.6 is 0 Å². The molecule has 0 unspecified atom stereocenters. The SMILES string of the molecule is COc1ncccc1C1(C(=O)CC#N)CCC1. The Hall–Kier alpha value is -1.89. The molecule has 0 aromatic carbocycles. The Morgan fingerprint density at radius 3 is 2.94 bits per heavy atom. The van der Waals surface area contributed by atoms with E-state index in [1.165, 1.54) is 0 Å². The van der Waals surface area contributed by atoms with Crippen molar-refractivity contribution in [2.45, 2.75) is 31.1 Å². The van der Waals surface area contributed by atoms with Gasteiger partial charge in [-0.15, -0.1) is 0 Å². The summed E-state index contributed by atoms with van der Waals surface area (Å²) in [5.41, 5.74) is 0.295. The summed E-state index contributed by atoms with van der Waals surface area (Å²) in [6.45, 7) is 0. The molecule has 0 atom stereocenters. The topological polar surface area (TPSA) is 63.0 Å². The van der Waals surface area contributed by atoms with Gasteiger partial charge in [0, 0.05) is 11.8 Å². The van der Waals surface area contributed by atoms with Crippen molar-refractivity contribution in [3.05, 3.63) is 23.9 Å². The minimum absolute atomic E-state index is 0.0162. The molecule has 4 nitrogen and oxygen atoms in total. The van der Waals surface area contributed by atoms with Gasteiger partial charge in [0.15, 0.2) is 5.78 Å². The molecule has 1 aromatic heterocycles. The summed E-state index contributed by atoms with van der Waals surface area (Å²) in [5.74, 6) is 0.482. The van der Waals surface area contributed by atoms with Crippen molar-refractivity contribution in [2.24, 2.45) is 0 Å². The van der Waals surface area contributed by atoms with Gasteiger partial charge in [0.25, 0.3) is 0 Å². The molecule has 17 heavy (non-hydrogen) atoms. The van der Waals surface area contributed by atoms with Gasteiger partial charge in [-0.25, -0.2) is 4.98 Å². The van der Waals surface area contributed by atoms with Crippen LogP contribution in [0.3, 0.4) is 0 Å². The lowest BCUT2D eigenvalue weighted by Gasteiger charge is -2.40. The number of nitrogens with zero attached hydrogens (tertiary/aromatic N) is 2. The Labute approximate surface area is 100 Å². The van der Waals surface area contributed by atoms with E-state index in [9.17, 15) is 4.79 Å². The van der Waals surface area contributed by atoms with Crippen molar-refractivity contribution < 1.29 is 9.53 Å². The molecule has 4 heteroatoms. The van der Waals surface area contributed by atoms with Gasteiger partial charge in [0.05, 0.1) is 25.0 Å². The average Bonchev–Trinajstić information content (AvgIpc) is 2.29. The molecule has 88 valence electrons. The molecule has 1 heterocycles. The standard InChI is InChI=1S/C13H14N2O2/c1-17-12-10(4-2-9-15-12)13(6-3-7-13)11(16)5-8-14/h2,4,9H,3,5-7H2,1H3. The summed E-state index contributed by atoms with van der Waals surface area (Å²) in [4.78, 5) is 16.2. The first kappa shape index (κ1) is 11.6. The quantitative estimate of drug-likeness (QED) is 0.793. The van der Waals surface area contributed by atoms with E-state index in [1.807, 2.05) is 12.1 Å². The van der Waals surface area contributed by atoms with Crippen molar-refractivity contribution >= 4 is 5.78 Å². The van der Waals surface area contributed by atoms with Crippen molar-refractivity contribution in [1.82, 2.24) is 4.98 Å². The van der Waals surface area contributed by atoms with Crippen LogP contribution in [-0.2, 0) is 10.2 Å². The highest BCUT2D eigenvalue weighted by atomic mass is 16.5. The number of nitriles is 1. The third kappa shape index (κ3) is 1.78. The second-order valence-electron chi connectivity index (χ2n) is 4.25. The largest absolute Gasteiger partial charge is 0.481 e. The van der Waals surface area contributed by atoms with E-state index in [4.69, 9.17) is 10.00 Å². The maximum absolute atomic E-state index is 12.1. The first-order valence-corrected chi connectivity index (χ1v) is 5.64. The Morgan fingerprint density at radius 2 is 2.41 bits per heavy atom. The fourth-order valence-electron chi connectivity index (χ4n) is 2.39. The highest BCUT2D eigenvalue weighted by Gasteiger charge is 2.46. The molecular weight excluding hydrogens is 216 g/mol. The van der Waals surface area contributed by atoms with Gasteiger partial charge >= 0.3 is 0 Å². The predicted molar refractivity (Wildman–Crippen MR) is 61.6 cm³/mol. The molecule has 0 spiro atoms. The molecule has 1 aromatic rings. The van der Waals surface area contributed by atoms with Crippen molar-refractivity contribution in [3.63, 3.8) is 0 Å². The first-order chi connectivity index (χ1) is 8.24. The number of aromatic nitrogens is 1. The van der Waals surface area contributed by atoms with Crippen LogP contribution in [0.4, 0.5) is 0 Å². The van der Waals surface area contributed by atoms with Crippen LogP contribution in [0.5, 0.6) is 5.88 Å². The number of hydrogen-bond donors (Lipinski definition) is 0. The lowest BCUT2D eigenvalue weighted by molar-refractivity contribution is -0.126. The van der Waals surface area contributed by atoms with Crippen LogP contribution < -0.4 is 4.74 Å². The van der Waals surface area contributed by atoms with Crippen LogP contribution in [0.25, 0.3) is 0 Å². The molecule has 1 saturated carbocycles. The molecule has 0 saturated heterocycles. The number of ketones is 1. The van der Waals surface area contributed by atoms with E-state index in [2.05, 4.69) is 4.98 Å². The van der Waals surface area contributed by atoms with Crippen LogP contribution in [0, 0.1) is 11.3 Å². The number of hydrogen-bond acceptors (Lipinski definition) is 4. The van der Waals surface area contributed by atoms with Gasteiger partial charge < -0.3 is 4.74 Å². The summed E-state index contributed by atoms with van der Waals surface area (Å²) in [7, 11) is 1.55. The summed E-state index contributed by atoms with van der Waals surface area (Å²) in [5, 5.41) is 8.68. The van der Waals surface area contributed by atoms with Gasteiger partial charge in [-0.2, -0.15) is 5.26 Å². The summed E-state index contributed by atoms with van der Waals surface area (Å²) in [6, 6.07) is 5.62. The lowest BCUT2D eigenvalue weighted by Crippen LogP contribution is -2.42. The van der Waals surface area contributed by atoms with Gasteiger partial charge in [0.2, 0.25) is 5.88 Å². The van der Waals surface area contributed by atoms with Crippen LogP contribution in [0.2, 0.25) is 0 Å². The molecule has 0 bridgehead atoms. The molecule has 0 radical (unpaired) electrons. The van der Waals surface area contributed by atoms with Crippen LogP contribution in [-0.4, -0.2) is 17.9 Å². The Balaban J connectivity index is 2.42. The number of ether oxygens (including phenoxy) is 1. The van der Waals surface area contributed by atoms with Gasteiger partial charge in [0.1, 0.15) is 0 Å². The minimum atomic E-state index is -0.532. The number of rotatable bonds is 4. The zero-order valence-electron chi connectivity index (χ0n) is 9.77. The lowest BCUT2D eigenvalue weighted by atomic mass is 9.61. The zero-order chi connectivity index (χ0) is 12.3. The fraction of sp³-hybridized carbons (Fsp3) is 0.462. The van der Waals surface area contributed by atoms with E-state index in [0.717, 1.165) is 24.8 Å². The van der Waals surface area contributed by atoms with Crippen LogP contribution in [0.15, 0.2) is 18.3 Å². The van der Waals surface area contributed by atoms with Crippen LogP contribution in [0.1, 0.15) is 31.2 Å². The van der Waals surface area contributed by atoms with Gasteiger partial charge in [-0.3, -0.25) is 4.79 Å². The van der Waals surface area contributed by atoms with E-state index in [-0.39, 0.29) is 12.2 Å². The molecule has 2 rings (SSSR count). The molecule has 0 N–H and O–H groups in total. The monoisotopic (exact) mass is 230 g/mol. The van der Waals surface area contributed by atoms with E-state index >= 15 is 0 Å². The van der Waals surface area contributed by atoms with Crippen molar-refractivity contribution in [1.29, 1.82) is 5.26 Å². The Kier molecular flexibility index (Phi) is 3.10.